The fourth-order valence-electron chi connectivity index (χ4n) is 4.21. The van der Waals surface area contributed by atoms with Crippen LogP contribution in [0.1, 0.15) is 16.7 Å². The lowest BCUT2D eigenvalue weighted by atomic mass is 9.76. The third kappa shape index (κ3) is 2.21. The summed E-state index contributed by atoms with van der Waals surface area (Å²) in [6.07, 6.45) is 1.90. The van der Waals surface area contributed by atoms with Gasteiger partial charge in [-0.25, -0.2) is 0 Å². The second-order valence-electron chi connectivity index (χ2n) is 7.02. The molecule has 0 aromatic heterocycles. The Hall–Kier alpha value is -2.58. The molecule has 2 nitrogen and oxygen atoms in total. The molecule has 2 heteroatoms. The third-order valence-electron chi connectivity index (χ3n) is 5.58. The molecular formula is C23H20O2. The van der Waals surface area contributed by atoms with Gasteiger partial charge in [0.25, 0.3) is 0 Å². The van der Waals surface area contributed by atoms with Crippen molar-refractivity contribution in [2.45, 2.75) is 31.7 Å². The zero-order valence-corrected chi connectivity index (χ0v) is 14.1. The minimum absolute atomic E-state index is 0.0304. The maximum absolute atomic E-state index is 6.16. The molecule has 2 bridgehead atoms. The van der Waals surface area contributed by atoms with Gasteiger partial charge in [-0.3, -0.25) is 0 Å². The van der Waals surface area contributed by atoms with Crippen LogP contribution in [0.15, 0.2) is 84.0 Å². The van der Waals surface area contributed by atoms with E-state index in [1.165, 1.54) is 27.8 Å². The van der Waals surface area contributed by atoms with Gasteiger partial charge in [0.05, 0.1) is 0 Å². The van der Waals surface area contributed by atoms with Crippen LogP contribution in [-0.4, -0.2) is 12.2 Å². The van der Waals surface area contributed by atoms with Crippen molar-refractivity contribution in [2.75, 3.05) is 0 Å². The minimum atomic E-state index is 0.0304. The Bertz CT molecular complexity index is 920. The fourth-order valence-corrected chi connectivity index (χ4v) is 4.21. The Balaban J connectivity index is 1.44. The summed E-state index contributed by atoms with van der Waals surface area (Å²) in [6, 6.07) is 16.7. The lowest BCUT2D eigenvalue weighted by Gasteiger charge is -2.27. The van der Waals surface area contributed by atoms with Crippen LogP contribution in [0.4, 0.5) is 0 Å². The second kappa shape index (κ2) is 5.47. The van der Waals surface area contributed by atoms with E-state index in [0.29, 0.717) is 6.61 Å². The topological polar surface area (TPSA) is 18.5 Å². The van der Waals surface area contributed by atoms with Crippen molar-refractivity contribution >= 4 is 0 Å². The first kappa shape index (κ1) is 14.7. The molecule has 1 fully saturated rings. The maximum atomic E-state index is 6.16. The van der Waals surface area contributed by atoms with Crippen molar-refractivity contribution < 1.29 is 9.47 Å². The van der Waals surface area contributed by atoms with E-state index in [0.717, 1.165) is 29.7 Å². The Morgan fingerprint density at radius 2 is 1.60 bits per heavy atom. The fraction of sp³-hybridized carbons (Fsp3) is 0.217. The van der Waals surface area contributed by atoms with Crippen LogP contribution in [0, 0.1) is 0 Å². The summed E-state index contributed by atoms with van der Waals surface area (Å²) in [4.78, 5) is 0. The molecule has 1 saturated heterocycles. The lowest BCUT2D eigenvalue weighted by molar-refractivity contribution is 0.129. The van der Waals surface area contributed by atoms with E-state index in [2.05, 4.69) is 43.5 Å². The summed E-state index contributed by atoms with van der Waals surface area (Å²) in [5, 5.41) is 0. The number of rotatable bonds is 3. The number of hydrogen-bond donors (Lipinski definition) is 0. The standard InChI is InChI=1S/C23H20O2/c1-14-15(2)23-20-12-18-17(11-19(20)22(14)25-23)9-6-10-21(18)24-13-16-7-4-3-5-8-16/h3-10,22-23H,1-2,11-13H2. The summed E-state index contributed by atoms with van der Waals surface area (Å²) in [6.45, 7) is 8.93. The molecule has 1 aliphatic carbocycles. The van der Waals surface area contributed by atoms with Gasteiger partial charge in [-0.05, 0) is 45.9 Å². The number of fused-ring (bicyclic) bond motifs is 5. The molecule has 0 amide bonds. The van der Waals surface area contributed by atoms with Gasteiger partial charge < -0.3 is 9.47 Å². The van der Waals surface area contributed by atoms with E-state index < -0.39 is 0 Å². The summed E-state index contributed by atoms with van der Waals surface area (Å²) in [5.74, 6) is 0.986. The van der Waals surface area contributed by atoms with Crippen LogP contribution in [0.25, 0.3) is 0 Å². The largest absolute Gasteiger partial charge is 0.489 e. The molecule has 2 aromatic carbocycles. The molecule has 0 radical (unpaired) electrons. The highest BCUT2D eigenvalue weighted by atomic mass is 16.5. The van der Waals surface area contributed by atoms with Gasteiger partial charge in [0.15, 0.2) is 0 Å². The Labute approximate surface area is 148 Å². The van der Waals surface area contributed by atoms with Gasteiger partial charge in [-0.1, -0.05) is 55.6 Å². The molecule has 0 spiro atoms. The maximum Gasteiger partial charge on any atom is 0.123 e. The number of hydrogen-bond acceptors (Lipinski definition) is 2. The lowest BCUT2D eigenvalue weighted by Crippen LogP contribution is -2.21. The highest BCUT2D eigenvalue weighted by Gasteiger charge is 2.46. The Morgan fingerprint density at radius 1 is 0.880 bits per heavy atom. The Morgan fingerprint density at radius 3 is 2.36 bits per heavy atom. The predicted molar refractivity (Wildman–Crippen MR) is 98.6 cm³/mol. The van der Waals surface area contributed by atoms with Crippen molar-refractivity contribution in [3.63, 3.8) is 0 Å². The quantitative estimate of drug-likeness (QED) is 0.769. The molecule has 124 valence electrons. The molecular weight excluding hydrogens is 308 g/mol. The van der Waals surface area contributed by atoms with Crippen LogP contribution in [-0.2, 0) is 24.2 Å². The van der Waals surface area contributed by atoms with Crippen molar-refractivity contribution in [3.8, 4) is 5.75 Å². The van der Waals surface area contributed by atoms with Crippen LogP contribution < -0.4 is 4.74 Å². The van der Waals surface area contributed by atoms with Crippen LogP contribution in [0.2, 0.25) is 0 Å². The second-order valence-corrected chi connectivity index (χ2v) is 7.02. The molecule has 0 N–H and O–H groups in total. The van der Waals surface area contributed by atoms with E-state index in [-0.39, 0.29) is 12.2 Å². The van der Waals surface area contributed by atoms with Gasteiger partial charge in [0, 0.05) is 12.0 Å². The van der Waals surface area contributed by atoms with Gasteiger partial charge in [0.2, 0.25) is 0 Å². The van der Waals surface area contributed by atoms with Crippen molar-refractivity contribution in [1.82, 2.24) is 0 Å². The van der Waals surface area contributed by atoms with Gasteiger partial charge in [-0.2, -0.15) is 0 Å². The first-order valence-corrected chi connectivity index (χ1v) is 8.75. The van der Waals surface area contributed by atoms with Crippen LogP contribution in [0.3, 0.4) is 0 Å². The highest BCUT2D eigenvalue weighted by Crippen LogP contribution is 2.50. The van der Waals surface area contributed by atoms with E-state index in [9.17, 15) is 0 Å². The van der Waals surface area contributed by atoms with E-state index in [1.807, 2.05) is 18.2 Å². The van der Waals surface area contributed by atoms with Crippen molar-refractivity contribution in [1.29, 1.82) is 0 Å². The zero-order chi connectivity index (χ0) is 17.0. The van der Waals surface area contributed by atoms with E-state index in [1.54, 1.807) is 0 Å². The molecule has 2 aromatic rings. The molecule has 2 heterocycles. The average molecular weight is 328 g/mol. The molecule has 2 unspecified atom stereocenters. The van der Waals surface area contributed by atoms with E-state index >= 15 is 0 Å². The SMILES string of the molecule is C=C1C(=C)C2OC1C1=C2Cc2c(cccc2OCc2ccccc2)C1. The molecule has 5 rings (SSSR count). The monoisotopic (exact) mass is 328 g/mol. The van der Waals surface area contributed by atoms with Crippen molar-refractivity contribution in [2.24, 2.45) is 0 Å². The zero-order valence-electron chi connectivity index (χ0n) is 14.1. The molecule has 0 saturated carbocycles. The molecule has 3 aliphatic rings. The van der Waals surface area contributed by atoms with E-state index in [4.69, 9.17) is 9.47 Å². The number of benzene rings is 2. The van der Waals surface area contributed by atoms with Crippen molar-refractivity contribution in [3.05, 3.63) is 101 Å². The smallest absolute Gasteiger partial charge is 0.123 e. The van der Waals surface area contributed by atoms with Gasteiger partial charge in [-0.15, -0.1) is 0 Å². The summed E-state index contributed by atoms with van der Waals surface area (Å²) < 4.78 is 12.3. The molecule has 2 atom stereocenters. The van der Waals surface area contributed by atoms with Crippen LogP contribution in [0.5, 0.6) is 5.75 Å². The minimum Gasteiger partial charge on any atom is -0.489 e. The molecule has 2 aliphatic heterocycles. The normalized spacial score (nSPS) is 23.7. The predicted octanol–water partition coefficient (Wildman–Crippen LogP) is 4.55. The summed E-state index contributed by atoms with van der Waals surface area (Å²) >= 11 is 0. The third-order valence-corrected chi connectivity index (χ3v) is 5.58. The van der Waals surface area contributed by atoms with Gasteiger partial charge in [0.1, 0.15) is 24.6 Å². The van der Waals surface area contributed by atoms with Gasteiger partial charge >= 0.3 is 0 Å². The first-order valence-electron chi connectivity index (χ1n) is 8.75. The average Bonchev–Trinajstić information content (AvgIpc) is 3.15. The summed E-state index contributed by atoms with van der Waals surface area (Å²) in [5.41, 5.74) is 8.72. The number of ether oxygens (including phenoxy) is 2. The summed E-state index contributed by atoms with van der Waals surface area (Å²) in [7, 11) is 0. The molecule has 25 heavy (non-hydrogen) atoms. The van der Waals surface area contributed by atoms with Crippen LogP contribution >= 0.6 is 0 Å². The Kier molecular flexibility index (Phi) is 3.22. The highest BCUT2D eigenvalue weighted by molar-refractivity contribution is 5.61. The first-order chi connectivity index (χ1) is 12.2.